The summed E-state index contributed by atoms with van der Waals surface area (Å²) >= 11 is 1.72. The Morgan fingerprint density at radius 1 is 0.885 bits per heavy atom. The van der Waals surface area contributed by atoms with Crippen LogP contribution in [0.3, 0.4) is 0 Å². The molecular weight excluding hydrogens is 339 g/mol. The van der Waals surface area contributed by atoms with Gasteiger partial charge in [0.05, 0.1) is 11.2 Å². The molecule has 2 aromatic rings. The maximum absolute atomic E-state index is 6.17. The Labute approximate surface area is 163 Å². The first-order valence-electron chi connectivity index (χ1n) is 9.86. The second-order valence-corrected chi connectivity index (χ2v) is 9.28. The van der Waals surface area contributed by atoms with Crippen molar-refractivity contribution in [1.29, 1.82) is 0 Å². The molecule has 0 atom stereocenters. The monoisotopic (exact) mass is 370 g/mol. The fraction of sp³-hybridized carbons (Fsp3) is 0.545. The summed E-state index contributed by atoms with van der Waals surface area (Å²) in [5.41, 5.74) is 3.37. The predicted molar refractivity (Wildman–Crippen MR) is 113 cm³/mol. The van der Waals surface area contributed by atoms with Gasteiger partial charge in [-0.25, -0.2) is 0 Å². The molecule has 1 fully saturated rings. The van der Waals surface area contributed by atoms with Crippen LogP contribution in [-0.2, 0) is 15.7 Å². The highest BCUT2D eigenvalue weighted by atomic mass is 32.1. The highest BCUT2D eigenvalue weighted by Gasteiger charge is 2.52. The topological polar surface area (TPSA) is 18.5 Å². The SMILES string of the molecule is CCCCCCc1ccc(-c2csc(B3OC(C)(C)C(C)(C)O3)c2)cc1. The molecule has 0 unspecified atom stereocenters. The number of rotatable bonds is 7. The van der Waals surface area contributed by atoms with Crippen molar-refractivity contribution in [2.45, 2.75) is 77.9 Å². The van der Waals surface area contributed by atoms with Gasteiger partial charge in [-0.05, 0) is 68.7 Å². The number of hydrogen-bond donors (Lipinski definition) is 0. The van der Waals surface area contributed by atoms with E-state index in [2.05, 4.69) is 70.3 Å². The maximum atomic E-state index is 6.17. The molecule has 4 heteroatoms. The first-order chi connectivity index (χ1) is 12.3. The lowest BCUT2D eigenvalue weighted by Crippen LogP contribution is -2.41. The molecule has 0 amide bonds. The van der Waals surface area contributed by atoms with Gasteiger partial charge in [0.15, 0.2) is 0 Å². The average Bonchev–Trinajstić information content (AvgIpc) is 3.15. The van der Waals surface area contributed by atoms with Crippen molar-refractivity contribution in [3.63, 3.8) is 0 Å². The standard InChI is InChI=1S/C22H31BO2S/c1-6-7-8-9-10-17-11-13-18(14-12-17)19-15-20(26-16-19)23-24-21(2,3)22(4,5)25-23/h11-16H,6-10H2,1-5H3. The zero-order valence-electron chi connectivity index (χ0n) is 16.8. The van der Waals surface area contributed by atoms with Crippen molar-refractivity contribution in [2.24, 2.45) is 0 Å². The molecule has 3 rings (SSSR count). The highest BCUT2D eigenvalue weighted by molar-refractivity contribution is 7.21. The molecule has 0 N–H and O–H groups in total. The molecule has 0 bridgehead atoms. The van der Waals surface area contributed by atoms with Crippen molar-refractivity contribution >= 4 is 23.2 Å². The van der Waals surface area contributed by atoms with Gasteiger partial charge in [0.2, 0.25) is 0 Å². The lowest BCUT2D eigenvalue weighted by Gasteiger charge is -2.32. The summed E-state index contributed by atoms with van der Waals surface area (Å²) in [4.78, 5) is 0. The van der Waals surface area contributed by atoms with E-state index in [4.69, 9.17) is 9.31 Å². The van der Waals surface area contributed by atoms with E-state index in [-0.39, 0.29) is 18.3 Å². The van der Waals surface area contributed by atoms with Crippen molar-refractivity contribution in [3.8, 4) is 11.1 Å². The molecule has 0 saturated carbocycles. The normalized spacial score (nSPS) is 18.4. The van der Waals surface area contributed by atoms with Crippen LogP contribution in [0.5, 0.6) is 0 Å². The van der Waals surface area contributed by atoms with E-state index in [0.29, 0.717) is 0 Å². The fourth-order valence-corrected chi connectivity index (χ4v) is 4.08. The molecule has 1 aromatic heterocycles. The second kappa shape index (κ2) is 7.88. The summed E-state index contributed by atoms with van der Waals surface area (Å²) in [6, 6.07) is 11.2. The van der Waals surface area contributed by atoms with Crippen LogP contribution >= 0.6 is 11.3 Å². The Bertz CT molecular complexity index is 702. The van der Waals surface area contributed by atoms with Crippen molar-refractivity contribution in [2.75, 3.05) is 0 Å². The van der Waals surface area contributed by atoms with Gasteiger partial charge in [-0.1, -0.05) is 50.5 Å². The Hall–Kier alpha value is -1.10. The minimum atomic E-state index is -0.290. The summed E-state index contributed by atoms with van der Waals surface area (Å²) < 4.78 is 13.5. The van der Waals surface area contributed by atoms with Crippen LogP contribution in [0.25, 0.3) is 11.1 Å². The van der Waals surface area contributed by atoms with Crippen LogP contribution in [0.2, 0.25) is 0 Å². The number of benzene rings is 1. The predicted octanol–water partition coefficient (Wildman–Crippen LogP) is 5.84. The van der Waals surface area contributed by atoms with E-state index >= 15 is 0 Å². The zero-order chi connectivity index (χ0) is 18.8. The Morgan fingerprint density at radius 2 is 1.54 bits per heavy atom. The summed E-state index contributed by atoms with van der Waals surface area (Å²) in [7, 11) is -0.267. The molecular formula is C22H31BO2S. The van der Waals surface area contributed by atoms with E-state index in [1.165, 1.54) is 48.8 Å². The molecule has 0 radical (unpaired) electrons. The molecule has 1 aliphatic rings. The van der Waals surface area contributed by atoms with Crippen LogP contribution < -0.4 is 4.78 Å². The molecule has 2 heterocycles. The zero-order valence-corrected chi connectivity index (χ0v) is 17.6. The molecule has 1 aliphatic heterocycles. The maximum Gasteiger partial charge on any atom is 0.505 e. The van der Waals surface area contributed by atoms with Crippen molar-refractivity contribution in [1.82, 2.24) is 0 Å². The number of aryl methyl sites for hydroxylation is 1. The largest absolute Gasteiger partial charge is 0.505 e. The fourth-order valence-electron chi connectivity index (χ4n) is 3.21. The molecule has 2 nitrogen and oxygen atoms in total. The van der Waals surface area contributed by atoms with Crippen molar-refractivity contribution in [3.05, 3.63) is 41.3 Å². The summed E-state index contributed by atoms with van der Waals surface area (Å²) in [6.45, 7) is 10.6. The minimum absolute atomic E-state index is 0.267. The van der Waals surface area contributed by atoms with Gasteiger partial charge in [-0.3, -0.25) is 0 Å². The summed E-state index contributed by atoms with van der Waals surface area (Å²) in [6.07, 6.45) is 6.44. The van der Waals surface area contributed by atoms with Gasteiger partial charge in [-0.15, -0.1) is 0 Å². The molecule has 26 heavy (non-hydrogen) atoms. The van der Waals surface area contributed by atoms with Gasteiger partial charge in [0, 0.05) is 4.78 Å². The van der Waals surface area contributed by atoms with E-state index < -0.39 is 0 Å². The quantitative estimate of drug-likeness (QED) is 0.450. The van der Waals surface area contributed by atoms with E-state index in [9.17, 15) is 0 Å². The first kappa shape index (κ1) is 19.7. The Morgan fingerprint density at radius 3 is 2.15 bits per heavy atom. The molecule has 1 aromatic carbocycles. The first-order valence-corrected chi connectivity index (χ1v) is 10.7. The van der Waals surface area contributed by atoms with E-state index in [1.54, 1.807) is 11.3 Å². The number of thiophene rings is 1. The molecule has 0 spiro atoms. The van der Waals surface area contributed by atoms with E-state index in [0.717, 1.165) is 4.78 Å². The van der Waals surface area contributed by atoms with Gasteiger partial charge in [0.1, 0.15) is 0 Å². The van der Waals surface area contributed by atoms with Crippen LogP contribution in [0.15, 0.2) is 35.7 Å². The number of unbranched alkanes of at least 4 members (excludes halogenated alkanes) is 3. The smallest absolute Gasteiger partial charge is 0.399 e. The van der Waals surface area contributed by atoms with Gasteiger partial charge < -0.3 is 9.31 Å². The average molecular weight is 370 g/mol. The van der Waals surface area contributed by atoms with E-state index in [1.807, 2.05) is 0 Å². The Kier molecular flexibility index (Phi) is 5.96. The lowest BCUT2D eigenvalue weighted by atomic mass is 9.87. The van der Waals surface area contributed by atoms with Crippen molar-refractivity contribution < 1.29 is 9.31 Å². The third kappa shape index (κ3) is 4.24. The van der Waals surface area contributed by atoms with Gasteiger partial charge in [0.25, 0.3) is 0 Å². The summed E-state index contributed by atoms with van der Waals surface area (Å²) in [5, 5.41) is 2.20. The molecule has 1 saturated heterocycles. The minimum Gasteiger partial charge on any atom is -0.399 e. The second-order valence-electron chi connectivity index (χ2n) is 8.33. The third-order valence-corrected chi connectivity index (χ3v) is 6.67. The molecule has 140 valence electrons. The van der Waals surface area contributed by atoms with Crippen LogP contribution in [0, 0.1) is 0 Å². The Balaban J connectivity index is 1.65. The summed E-state index contributed by atoms with van der Waals surface area (Å²) in [5.74, 6) is 0. The number of hydrogen-bond acceptors (Lipinski definition) is 3. The third-order valence-electron chi connectivity index (χ3n) is 5.71. The molecule has 0 aliphatic carbocycles. The van der Waals surface area contributed by atoms with Crippen LogP contribution in [0.1, 0.15) is 65.9 Å². The lowest BCUT2D eigenvalue weighted by molar-refractivity contribution is 0.00578. The highest BCUT2D eigenvalue weighted by Crippen LogP contribution is 2.37. The van der Waals surface area contributed by atoms with Crippen LogP contribution in [-0.4, -0.2) is 18.3 Å². The van der Waals surface area contributed by atoms with Gasteiger partial charge in [-0.2, -0.15) is 11.3 Å². The van der Waals surface area contributed by atoms with Crippen LogP contribution in [0.4, 0.5) is 0 Å². The van der Waals surface area contributed by atoms with Gasteiger partial charge >= 0.3 is 7.12 Å².